The minimum absolute atomic E-state index is 0.00916. The summed E-state index contributed by atoms with van der Waals surface area (Å²) in [5, 5.41) is 0. The second-order valence-electron chi connectivity index (χ2n) is 11.8. The first-order chi connectivity index (χ1) is 21.5. The van der Waals surface area contributed by atoms with Crippen LogP contribution in [0.4, 0.5) is 0 Å². The van der Waals surface area contributed by atoms with Gasteiger partial charge in [0.15, 0.2) is 6.10 Å². The number of likely N-dealkylation sites (N-methyl/N-ethyl adjacent to an activating group) is 1. The zero-order valence-corrected chi connectivity index (χ0v) is 29.4. The average molecular weight is 654 g/mol. The molecule has 0 N–H and O–H groups in total. The molecule has 0 aliphatic heterocycles. The molecular weight excluding hydrogens is 593 g/mol. The molecule has 10 heteroatoms. The number of hydrogen-bond donors (Lipinski definition) is 0. The largest absolute Gasteiger partial charge is 0.756 e. The molecule has 2 unspecified atom stereocenters. The van der Waals surface area contributed by atoms with Gasteiger partial charge in [0.25, 0.3) is 7.82 Å². The Hall–Kier alpha value is -2.29. The molecule has 0 rings (SSSR count). The lowest BCUT2D eigenvalue weighted by Gasteiger charge is -2.28. The summed E-state index contributed by atoms with van der Waals surface area (Å²) in [5.74, 6) is -1.00. The van der Waals surface area contributed by atoms with Gasteiger partial charge in [-0.05, 0) is 38.5 Å². The number of hydrogen-bond acceptors (Lipinski definition) is 8. The van der Waals surface area contributed by atoms with Gasteiger partial charge in [-0.3, -0.25) is 14.2 Å². The van der Waals surface area contributed by atoms with Crippen LogP contribution in [-0.4, -0.2) is 70.0 Å². The van der Waals surface area contributed by atoms with Gasteiger partial charge in [-0.15, -0.1) is 0 Å². The normalized spacial score (nSPS) is 14.7. The molecule has 45 heavy (non-hydrogen) atoms. The van der Waals surface area contributed by atoms with E-state index in [1.807, 2.05) is 33.3 Å². The number of carbonyl (C=O) groups is 2. The zero-order valence-electron chi connectivity index (χ0n) is 28.5. The summed E-state index contributed by atoms with van der Waals surface area (Å²) in [6.07, 6.45) is 30.3. The van der Waals surface area contributed by atoms with E-state index in [9.17, 15) is 19.0 Å². The van der Waals surface area contributed by atoms with Crippen molar-refractivity contribution < 1.29 is 42.1 Å². The SMILES string of the molecule is CC/C=C\C/C=C\C/C=C\C/C=C\C/C=C\CC(=O)OC(COC(=O)CCCCCCCC)COP(=O)([O-])OCC[N+](C)(C)C. The molecule has 0 aromatic carbocycles. The Morgan fingerprint density at radius 3 is 1.80 bits per heavy atom. The van der Waals surface area contributed by atoms with Gasteiger partial charge in [-0.25, -0.2) is 0 Å². The molecule has 9 nitrogen and oxygen atoms in total. The van der Waals surface area contributed by atoms with Crippen molar-refractivity contribution in [1.29, 1.82) is 0 Å². The topological polar surface area (TPSA) is 111 Å². The van der Waals surface area contributed by atoms with E-state index in [-0.39, 0.29) is 26.1 Å². The lowest BCUT2D eigenvalue weighted by Crippen LogP contribution is -2.37. The minimum atomic E-state index is -4.63. The summed E-state index contributed by atoms with van der Waals surface area (Å²) < 4.78 is 33.3. The van der Waals surface area contributed by atoms with E-state index in [0.717, 1.165) is 51.4 Å². The smallest absolute Gasteiger partial charge is 0.310 e. The van der Waals surface area contributed by atoms with Crippen LogP contribution in [0.1, 0.15) is 97.3 Å². The number of allylic oxidation sites excluding steroid dienone is 9. The molecule has 0 aromatic rings. The quantitative estimate of drug-likeness (QED) is 0.0280. The number of phosphoric acid groups is 1. The molecule has 0 spiro atoms. The minimum Gasteiger partial charge on any atom is -0.756 e. The highest BCUT2D eigenvalue weighted by molar-refractivity contribution is 7.45. The Kier molecular flexibility index (Phi) is 26.6. The number of carbonyl (C=O) groups excluding carboxylic acids is 2. The van der Waals surface area contributed by atoms with Gasteiger partial charge < -0.3 is 27.9 Å². The number of rotatable bonds is 28. The predicted octanol–water partition coefficient (Wildman–Crippen LogP) is 7.54. The van der Waals surface area contributed by atoms with E-state index in [4.69, 9.17) is 18.5 Å². The fourth-order valence-corrected chi connectivity index (χ4v) is 4.45. The van der Waals surface area contributed by atoms with Crippen LogP contribution in [0.2, 0.25) is 0 Å². The Labute approximate surface area is 273 Å². The summed E-state index contributed by atoms with van der Waals surface area (Å²) >= 11 is 0. The molecule has 0 saturated heterocycles. The average Bonchev–Trinajstić information content (AvgIpc) is 2.97. The van der Waals surface area contributed by atoms with Gasteiger partial charge >= 0.3 is 11.9 Å². The number of nitrogens with zero attached hydrogens (tertiary/aromatic N) is 1. The standard InChI is InChI=1S/C35H60NO8P/c1-6-8-10-12-14-15-16-17-18-19-20-21-22-24-26-28-35(38)44-33(31-41-34(37)27-25-23-13-11-9-7-2)32-43-45(39,40)42-30-29-36(3,4)5/h8,10,14-15,17-18,20-21,24,26,33H,6-7,9,11-13,16,19,22-23,25,27-32H2,1-5H3/b10-8-,15-14-,18-17-,21-20-,26-24-. The molecule has 0 bridgehead atoms. The number of ether oxygens (including phenoxy) is 2. The van der Waals surface area contributed by atoms with Crippen LogP contribution in [0.15, 0.2) is 60.8 Å². The molecule has 0 aliphatic rings. The fraction of sp³-hybridized carbons (Fsp3) is 0.657. The molecule has 258 valence electrons. The van der Waals surface area contributed by atoms with Crippen LogP contribution in [0.5, 0.6) is 0 Å². The van der Waals surface area contributed by atoms with Crippen LogP contribution >= 0.6 is 7.82 Å². The summed E-state index contributed by atoms with van der Waals surface area (Å²) in [7, 11) is 1.09. The molecule has 0 fully saturated rings. The number of phosphoric ester groups is 1. The van der Waals surface area contributed by atoms with Crippen molar-refractivity contribution in [3.8, 4) is 0 Å². The van der Waals surface area contributed by atoms with Crippen LogP contribution in [-0.2, 0) is 32.7 Å². The van der Waals surface area contributed by atoms with Crippen LogP contribution in [0.25, 0.3) is 0 Å². The Morgan fingerprint density at radius 2 is 1.24 bits per heavy atom. The van der Waals surface area contributed by atoms with E-state index >= 15 is 0 Å². The van der Waals surface area contributed by atoms with Crippen LogP contribution < -0.4 is 4.89 Å². The van der Waals surface area contributed by atoms with Gasteiger partial charge in [0.2, 0.25) is 0 Å². The van der Waals surface area contributed by atoms with Crippen molar-refractivity contribution in [2.45, 2.75) is 103 Å². The third-order valence-electron chi connectivity index (χ3n) is 6.34. The first-order valence-electron chi connectivity index (χ1n) is 16.5. The maximum absolute atomic E-state index is 12.4. The number of esters is 2. The maximum atomic E-state index is 12.4. The summed E-state index contributed by atoms with van der Waals surface area (Å²) in [6.45, 7) is 3.87. The summed E-state index contributed by atoms with van der Waals surface area (Å²) in [6, 6.07) is 0. The lowest BCUT2D eigenvalue weighted by atomic mass is 10.1. The summed E-state index contributed by atoms with van der Waals surface area (Å²) in [4.78, 5) is 36.9. The predicted molar refractivity (Wildman–Crippen MR) is 180 cm³/mol. The van der Waals surface area contributed by atoms with Gasteiger partial charge in [-0.2, -0.15) is 0 Å². The van der Waals surface area contributed by atoms with Gasteiger partial charge in [0, 0.05) is 6.42 Å². The monoisotopic (exact) mass is 653 g/mol. The van der Waals surface area contributed by atoms with E-state index < -0.39 is 32.5 Å². The van der Waals surface area contributed by atoms with Crippen molar-refractivity contribution in [1.82, 2.24) is 0 Å². The lowest BCUT2D eigenvalue weighted by molar-refractivity contribution is -0.870. The molecular formula is C35H60NO8P. The maximum Gasteiger partial charge on any atom is 0.310 e. The van der Waals surface area contributed by atoms with E-state index in [2.05, 4.69) is 56.4 Å². The highest BCUT2D eigenvalue weighted by Gasteiger charge is 2.21. The van der Waals surface area contributed by atoms with E-state index in [1.54, 1.807) is 6.08 Å². The number of quaternary nitrogens is 1. The molecule has 0 amide bonds. The molecule has 0 heterocycles. The zero-order chi connectivity index (χ0) is 33.7. The van der Waals surface area contributed by atoms with E-state index in [0.29, 0.717) is 23.9 Å². The molecule has 0 aromatic heterocycles. The fourth-order valence-electron chi connectivity index (χ4n) is 3.73. The van der Waals surface area contributed by atoms with E-state index in [1.165, 1.54) is 6.42 Å². The Bertz CT molecular complexity index is 965. The summed E-state index contributed by atoms with van der Waals surface area (Å²) in [5.41, 5.74) is 0. The van der Waals surface area contributed by atoms with Gasteiger partial charge in [0.05, 0.1) is 34.2 Å². The van der Waals surface area contributed by atoms with Crippen LogP contribution in [0.3, 0.4) is 0 Å². The second kappa shape index (κ2) is 28.0. The Balaban J connectivity index is 4.66. The van der Waals surface area contributed by atoms with Crippen LogP contribution in [0, 0.1) is 0 Å². The van der Waals surface area contributed by atoms with Crippen molar-refractivity contribution in [3.63, 3.8) is 0 Å². The first kappa shape index (κ1) is 42.7. The van der Waals surface area contributed by atoms with Crippen molar-refractivity contribution >= 4 is 19.8 Å². The number of unbranched alkanes of at least 4 members (excludes halogenated alkanes) is 5. The van der Waals surface area contributed by atoms with Gasteiger partial charge in [-0.1, -0.05) is 107 Å². The Morgan fingerprint density at radius 1 is 0.711 bits per heavy atom. The third kappa shape index (κ3) is 31.5. The molecule has 0 aliphatic carbocycles. The second-order valence-corrected chi connectivity index (χ2v) is 13.2. The third-order valence-corrected chi connectivity index (χ3v) is 7.30. The van der Waals surface area contributed by atoms with Crippen molar-refractivity contribution in [2.75, 3.05) is 47.5 Å². The molecule has 0 radical (unpaired) electrons. The van der Waals surface area contributed by atoms with Crippen molar-refractivity contribution in [3.05, 3.63) is 60.8 Å². The molecule has 0 saturated carbocycles. The van der Waals surface area contributed by atoms with Gasteiger partial charge in [0.1, 0.15) is 19.8 Å². The first-order valence-corrected chi connectivity index (χ1v) is 18.0. The highest BCUT2D eigenvalue weighted by atomic mass is 31.2. The molecule has 2 atom stereocenters. The highest BCUT2D eigenvalue weighted by Crippen LogP contribution is 2.38. The van der Waals surface area contributed by atoms with Crippen molar-refractivity contribution in [2.24, 2.45) is 0 Å².